The van der Waals surface area contributed by atoms with Crippen LogP contribution in [0.2, 0.25) is 0 Å². The molecule has 0 saturated carbocycles. The van der Waals surface area contributed by atoms with Crippen molar-refractivity contribution in [2.45, 2.75) is 257 Å². The molecule has 0 spiro atoms. The minimum atomic E-state index is -0.750. The normalized spacial score (nSPS) is 13.7. The molecule has 0 fully saturated rings. The van der Waals surface area contributed by atoms with Crippen molar-refractivity contribution in [3.8, 4) is 0 Å². The Morgan fingerprint density at radius 3 is 1.20 bits per heavy atom. The van der Waals surface area contributed by atoms with Gasteiger partial charge in [-0.3, -0.25) is 4.79 Å². The van der Waals surface area contributed by atoms with Crippen molar-refractivity contribution in [3.05, 3.63) is 12.2 Å². The Labute approximate surface area is 306 Å². The number of unbranched alkanes of at least 4 members (excludes halogenated alkanes) is 29. The Hall–Kier alpha value is -0.910. The third-order valence-electron chi connectivity index (χ3n) is 10.3. The molecule has 0 bridgehead atoms. The van der Waals surface area contributed by atoms with E-state index in [2.05, 4.69) is 31.3 Å². The van der Waals surface area contributed by atoms with Gasteiger partial charge in [-0.2, -0.15) is 0 Å². The van der Waals surface area contributed by atoms with E-state index in [1.54, 1.807) is 0 Å². The predicted molar refractivity (Wildman–Crippen MR) is 213 cm³/mol. The van der Waals surface area contributed by atoms with Crippen LogP contribution in [0.3, 0.4) is 0 Å². The summed E-state index contributed by atoms with van der Waals surface area (Å²) in [7, 11) is 0. The topological polar surface area (TPSA) is 89.8 Å². The molecule has 0 heterocycles. The van der Waals surface area contributed by atoms with Crippen molar-refractivity contribution < 1.29 is 20.1 Å². The van der Waals surface area contributed by atoms with Crippen LogP contribution in [0, 0.1) is 0 Å². The number of allylic oxidation sites excluding steroid dienone is 2. The molecule has 3 atom stereocenters. The molecule has 0 aliphatic carbocycles. The van der Waals surface area contributed by atoms with Gasteiger partial charge in [-0.05, 0) is 38.5 Å². The van der Waals surface area contributed by atoms with Crippen LogP contribution in [0.25, 0.3) is 0 Å². The smallest absolute Gasteiger partial charge is 0.222 e. The maximum Gasteiger partial charge on any atom is 0.222 e. The molecular weight excluding hydrogens is 606 g/mol. The maximum atomic E-state index is 12.4. The lowest BCUT2D eigenvalue weighted by atomic mass is 10.0. The van der Waals surface area contributed by atoms with E-state index in [9.17, 15) is 20.1 Å². The van der Waals surface area contributed by atoms with Crippen LogP contribution in [0.1, 0.15) is 239 Å². The molecule has 1 amide bonds. The predicted octanol–water partition coefficient (Wildman–Crippen LogP) is 12.4. The lowest BCUT2D eigenvalue weighted by Gasteiger charge is -2.23. The van der Waals surface area contributed by atoms with Crippen LogP contribution in [-0.2, 0) is 4.79 Å². The molecule has 0 saturated heterocycles. The highest BCUT2D eigenvalue weighted by atomic mass is 16.3. The molecule has 5 heteroatoms. The second kappa shape index (κ2) is 39.9. The first-order valence-corrected chi connectivity index (χ1v) is 22.0. The van der Waals surface area contributed by atoms with E-state index < -0.39 is 18.2 Å². The monoisotopic (exact) mass is 694 g/mol. The largest absolute Gasteiger partial charge is 0.394 e. The number of hydrogen-bond donors (Lipinski definition) is 4. The molecule has 0 radical (unpaired) electrons. The minimum Gasteiger partial charge on any atom is -0.394 e. The first-order valence-electron chi connectivity index (χ1n) is 22.0. The molecule has 4 N–H and O–H groups in total. The Morgan fingerprint density at radius 2 is 0.816 bits per heavy atom. The van der Waals surface area contributed by atoms with E-state index in [1.807, 2.05) is 0 Å². The van der Waals surface area contributed by atoms with Crippen LogP contribution >= 0.6 is 0 Å². The number of nitrogens with one attached hydrogen (secondary N) is 1. The van der Waals surface area contributed by atoms with Crippen LogP contribution in [0.15, 0.2) is 12.2 Å². The molecule has 0 aliphatic heterocycles. The van der Waals surface area contributed by atoms with Gasteiger partial charge < -0.3 is 20.6 Å². The van der Waals surface area contributed by atoms with Crippen molar-refractivity contribution in [1.29, 1.82) is 0 Å². The maximum absolute atomic E-state index is 12.4. The zero-order valence-electron chi connectivity index (χ0n) is 33.1. The van der Waals surface area contributed by atoms with E-state index in [0.717, 1.165) is 38.5 Å². The summed E-state index contributed by atoms with van der Waals surface area (Å²) >= 11 is 0. The quantitative estimate of drug-likeness (QED) is 0.0380. The Bertz CT molecular complexity index is 684. The standard InChI is InChI=1S/C44H87NO4/c1-3-5-7-9-11-13-15-17-19-20-21-22-23-24-26-28-30-32-34-36-38-43(48)42(40-46)45-44(49)39-41(47)37-35-33-31-29-27-25-18-16-14-12-10-8-6-4-2/h25,27,41-43,46-48H,3-24,26,28-40H2,1-2H3,(H,45,49)/b27-25-. The first kappa shape index (κ1) is 48.1. The summed E-state index contributed by atoms with van der Waals surface area (Å²) in [6.45, 7) is 4.26. The number of carbonyl (C=O) groups excluding carboxylic acids is 1. The van der Waals surface area contributed by atoms with Gasteiger partial charge in [0.15, 0.2) is 0 Å². The molecule has 0 aromatic carbocycles. The van der Waals surface area contributed by atoms with Crippen molar-refractivity contribution >= 4 is 5.91 Å². The molecule has 0 aliphatic rings. The number of hydrogen-bond acceptors (Lipinski definition) is 4. The minimum absolute atomic E-state index is 0.0286. The highest BCUT2D eigenvalue weighted by molar-refractivity contribution is 5.76. The average Bonchev–Trinajstić information content (AvgIpc) is 3.09. The van der Waals surface area contributed by atoms with Gasteiger partial charge in [0.1, 0.15) is 0 Å². The van der Waals surface area contributed by atoms with Gasteiger partial charge in [0.2, 0.25) is 5.91 Å². The molecule has 292 valence electrons. The number of carbonyl (C=O) groups is 1. The van der Waals surface area contributed by atoms with Gasteiger partial charge >= 0.3 is 0 Å². The fourth-order valence-corrected chi connectivity index (χ4v) is 6.93. The van der Waals surface area contributed by atoms with Gasteiger partial charge in [-0.1, -0.05) is 206 Å². The highest BCUT2D eigenvalue weighted by Crippen LogP contribution is 2.16. The molecule has 0 rings (SSSR count). The second-order valence-corrected chi connectivity index (χ2v) is 15.3. The number of aliphatic hydroxyl groups excluding tert-OH is 3. The van der Waals surface area contributed by atoms with E-state index >= 15 is 0 Å². The summed E-state index contributed by atoms with van der Waals surface area (Å²) in [6, 6.07) is -0.659. The van der Waals surface area contributed by atoms with Gasteiger partial charge in [-0.25, -0.2) is 0 Å². The van der Waals surface area contributed by atoms with E-state index in [0.29, 0.717) is 12.8 Å². The lowest BCUT2D eigenvalue weighted by molar-refractivity contribution is -0.125. The van der Waals surface area contributed by atoms with Crippen molar-refractivity contribution in [2.75, 3.05) is 6.61 Å². The zero-order chi connectivity index (χ0) is 35.9. The summed E-state index contributed by atoms with van der Waals surface area (Å²) in [5, 5.41) is 33.4. The molecule has 0 aromatic heterocycles. The second-order valence-electron chi connectivity index (χ2n) is 15.3. The average molecular weight is 694 g/mol. The molecule has 0 aromatic rings. The Kier molecular flexibility index (Phi) is 39.1. The number of amides is 1. The van der Waals surface area contributed by atoms with Crippen molar-refractivity contribution in [3.63, 3.8) is 0 Å². The molecule has 3 unspecified atom stereocenters. The Balaban J connectivity index is 3.61. The van der Waals surface area contributed by atoms with Crippen LogP contribution in [-0.4, -0.2) is 46.1 Å². The summed E-state index contributed by atoms with van der Waals surface area (Å²) in [5.41, 5.74) is 0. The van der Waals surface area contributed by atoms with Gasteiger partial charge in [0.05, 0.1) is 31.3 Å². The Morgan fingerprint density at radius 1 is 0.490 bits per heavy atom. The lowest BCUT2D eigenvalue weighted by Crippen LogP contribution is -2.46. The first-order chi connectivity index (χ1) is 24.0. The summed E-state index contributed by atoms with van der Waals surface area (Å²) in [4.78, 5) is 12.4. The number of rotatable bonds is 40. The molecule has 49 heavy (non-hydrogen) atoms. The third-order valence-corrected chi connectivity index (χ3v) is 10.3. The van der Waals surface area contributed by atoms with E-state index in [-0.39, 0.29) is 18.9 Å². The van der Waals surface area contributed by atoms with Crippen molar-refractivity contribution in [2.24, 2.45) is 0 Å². The zero-order valence-corrected chi connectivity index (χ0v) is 33.1. The summed E-state index contributed by atoms with van der Waals surface area (Å²) in [5.74, 6) is -0.289. The summed E-state index contributed by atoms with van der Waals surface area (Å²) in [6.07, 6.45) is 46.1. The third kappa shape index (κ3) is 36.7. The van der Waals surface area contributed by atoms with Gasteiger partial charge in [0, 0.05) is 0 Å². The fourth-order valence-electron chi connectivity index (χ4n) is 6.93. The molecule has 5 nitrogen and oxygen atoms in total. The fraction of sp³-hybridized carbons (Fsp3) is 0.932. The van der Waals surface area contributed by atoms with Crippen LogP contribution < -0.4 is 5.32 Å². The summed E-state index contributed by atoms with van der Waals surface area (Å²) < 4.78 is 0. The van der Waals surface area contributed by atoms with E-state index in [1.165, 1.54) is 167 Å². The van der Waals surface area contributed by atoms with Gasteiger partial charge in [-0.15, -0.1) is 0 Å². The molecular formula is C44H87NO4. The van der Waals surface area contributed by atoms with Crippen LogP contribution in [0.4, 0.5) is 0 Å². The van der Waals surface area contributed by atoms with Crippen LogP contribution in [0.5, 0.6) is 0 Å². The van der Waals surface area contributed by atoms with E-state index in [4.69, 9.17) is 0 Å². The van der Waals surface area contributed by atoms with Gasteiger partial charge in [0.25, 0.3) is 0 Å². The SMILES string of the molecule is CCCCCCCCC/C=C\CCCCCC(O)CC(=O)NC(CO)C(O)CCCCCCCCCCCCCCCCCCCCCC. The van der Waals surface area contributed by atoms with Crippen molar-refractivity contribution in [1.82, 2.24) is 5.32 Å². The number of aliphatic hydroxyl groups is 3. The highest BCUT2D eigenvalue weighted by Gasteiger charge is 2.21.